The average Bonchev–Trinajstić information content (AvgIpc) is 3.34. The van der Waals surface area contributed by atoms with Crippen LogP contribution in [0.3, 0.4) is 0 Å². The maximum absolute atomic E-state index is 6.40. The summed E-state index contributed by atoms with van der Waals surface area (Å²) in [5, 5.41) is 5.22. The van der Waals surface area contributed by atoms with Gasteiger partial charge in [0.1, 0.15) is 0 Å². The van der Waals surface area contributed by atoms with E-state index in [1.165, 1.54) is 37.7 Å². The fourth-order valence-corrected chi connectivity index (χ4v) is 4.48. The fourth-order valence-electron chi connectivity index (χ4n) is 4.09. The molecule has 3 heteroatoms. The molecule has 2 unspecified atom stereocenters. The third-order valence-electron chi connectivity index (χ3n) is 5.40. The van der Waals surface area contributed by atoms with Crippen LogP contribution in [0.1, 0.15) is 37.7 Å². The molecule has 20 heavy (non-hydrogen) atoms. The average molecular weight is 310 g/mol. The predicted molar refractivity (Wildman–Crippen MR) is 84.5 cm³/mol. The minimum absolute atomic E-state index is 0.421. The molecular weight excluding hydrogens is 289 g/mol. The number of fused-ring (bicyclic) bond motifs is 1. The summed E-state index contributed by atoms with van der Waals surface area (Å²) in [6.07, 6.45) is 8.02. The molecule has 3 aliphatic rings. The molecule has 4 rings (SSSR count). The summed E-state index contributed by atoms with van der Waals surface area (Å²) < 4.78 is 0. The first-order valence-corrected chi connectivity index (χ1v) is 8.57. The molecule has 1 nitrogen and oxygen atoms in total. The lowest BCUT2D eigenvalue weighted by molar-refractivity contribution is 0.247. The molecule has 108 valence electrons. The molecule has 0 saturated heterocycles. The van der Waals surface area contributed by atoms with Gasteiger partial charge in [-0.3, -0.25) is 0 Å². The minimum atomic E-state index is 0.421. The van der Waals surface area contributed by atoms with Crippen molar-refractivity contribution in [2.24, 2.45) is 17.3 Å². The lowest BCUT2D eigenvalue weighted by Crippen LogP contribution is -2.36. The SMILES string of the molecule is Clc1cccc(CC2(CNC3CC3)CC3CC3C2)c1Cl. The molecule has 0 spiro atoms. The van der Waals surface area contributed by atoms with Gasteiger partial charge in [-0.1, -0.05) is 35.3 Å². The summed E-state index contributed by atoms with van der Waals surface area (Å²) in [6.45, 7) is 1.16. The molecule has 3 fully saturated rings. The topological polar surface area (TPSA) is 12.0 Å². The molecule has 1 N–H and O–H groups in total. The quantitative estimate of drug-likeness (QED) is 0.831. The summed E-state index contributed by atoms with van der Waals surface area (Å²) in [4.78, 5) is 0. The molecule has 0 aliphatic heterocycles. The van der Waals surface area contributed by atoms with Gasteiger partial charge >= 0.3 is 0 Å². The van der Waals surface area contributed by atoms with E-state index in [9.17, 15) is 0 Å². The van der Waals surface area contributed by atoms with Crippen LogP contribution in [0.25, 0.3) is 0 Å². The van der Waals surface area contributed by atoms with Crippen molar-refractivity contribution in [2.45, 2.75) is 44.6 Å². The van der Waals surface area contributed by atoms with Crippen molar-refractivity contribution in [3.8, 4) is 0 Å². The third-order valence-corrected chi connectivity index (χ3v) is 6.26. The Balaban J connectivity index is 1.53. The zero-order valence-corrected chi connectivity index (χ0v) is 13.2. The van der Waals surface area contributed by atoms with Crippen LogP contribution in [0.4, 0.5) is 0 Å². The highest BCUT2D eigenvalue weighted by atomic mass is 35.5. The van der Waals surface area contributed by atoms with Gasteiger partial charge in [0.15, 0.2) is 0 Å². The first-order valence-electron chi connectivity index (χ1n) is 7.81. The lowest BCUT2D eigenvalue weighted by atomic mass is 9.77. The first kappa shape index (κ1) is 13.4. The Kier molecular flexibility index (Phi) is 3.29. The summed E-state index contributed by atoms with van der Waals surface area (Å²) in [5.41, 5.74) is 1.66. The molecule has 0 aromatic heterocycles. The van der Waals surface area contributed by atoms with Crippen LogP contribution in [0.2, 0.25) is 10.0 Å². The van der Waals surface area contributed by atoms with Crippen molar-refractivity contribution in [1.29, 1.82) is 0 Å². The van der Waals surface area contributed by atoms with Crippen molar-refractivity contribution in [3.63, 3.8) is 0 Å². The van der Waals surface area contributed by atoms with Crippen LogP contribution < -0.4 is 5.32 Å². The van der Waals surface area contributed by atoms with Crippen molar-refractivity contribution in [1.82, 2.24) is 5.32 Å². The van der Waals surface area contributed by atoms with Gasteiger partial charge in [0.05, 0.1) is 10.0 Å². The Morgan fingerprint density at radius 3 is 2.60 bits per heavy atom. The molecule has 0 bridgehead atoms. The Hall–Kier alpha value is -0.240. The zero-order valence-electron chi connectivity index (χ0n) is 11.7. The molecule has 0 radical (unpaired) electrons. The largest absolute Gasteiger partial charge is 0.313 e. The number of rotatable bonds is 5. The number of hydrogen-bond donors (Lipinski definition) is 1. The maximum Gasteiger partial charge on any atom is 0.0624 e. The molecule has 3 aliphatic carbocycles. The number of hydrogen-bond acceptors (Lipinski definition) is 1. The molecule has 1 aromatic rings. The van der Waals surface area contributed by atoms with Crippen LogP contribution >= 0.6 is 23.2 Å². The standard InChI is InChI=1S/C17H21Cl2N/c18-15-3-1-2-11(16(15)19)7-17(10-20-14-4-5-14)8-12-6-13(12)9-17/h1-3,12-14,20H,4-10H2. The summed E-state index contributed by atoms with van der Waals surface area (Å²) >= 11 is 12.6. The molecule has 2 atom stereocenters. The predicted octanol–water partition coefficient (Wildman–Crippen LogP) is 4.70. The molecule has 1 aromatic carbocycles. The van der Waals surface area contributed by atoms with Gasteiger partial charge < -0.3 is 5.32 Å². The van der Waals surface area contributed by atoms with E-state index in [1.54, 1.807) is 0 Å². The van der Waals surface area contributed by atoms with Gasteiger partial charge in [-0.15, -0.1) is 0 Å². The van der Waals surface area contributed by atoms with E-state index < -0.39 is 0 Å². The second kappa shape index (κ2) is 4.90. The lowest BCUT2D eigenvalue weighted by Gasteiger charge is -2.32. The highest BCUT2D eigenvalue weighted by molar-refractivity contribution is 6.42. The number of benzene rings is 1. The van der Waals surface area contributed by atoms with Crippen LogP contribution in [-0.4, -0.2) is 12.6 Å². The van der Waals surface area contributed by atoms with E-state index in [-0.39, 0.29) is 0 Å². The smallest absolute Gasteiger partial charge is 0.0624 e. The highest BCUT2D eigenvalue weighted by Gasteiger charge is 2.53. The van der Waals surface area contributed by atoms with Crippen LogP contribution in [0, 0.1) is 17.3 Å². The van der Waals surface area contributed by atoms with Crippen molar-refractivity contribution in [2.75, 3.05) is 6.54 Å². The minimum Gasteiger partial charge on any atom is -0.313 e. The van der Waals surface area contributed by atoms with Crippen molar-refractivity contribution < 1.29 is 0 Å². The van der Waals surface area contributed by atoms with Crippen molar-refractivity contribution >= 4 is 23.2 Å². The van der Waals surface area contributed by atoms with Crippen LogP contribution in [0.15, 0.2) is 18.2 Å². The Morgan fingerprint density at radius 1 is 1.15 bits per heavy atom. The monoisotopic (exact) mass is 309 g/mol. The fraction of sp³-hybridized carbons (Fsp3) is 0.647. The Labute approximate surface area is 131 Å². The van der Waals surface area contributed by atoms with E-state index >= 15 is 0 Å². The third kappa shape index (κ3) is 2.61. The Bertz CT molecular complexity index is 514. The zero-order chi connectivity index (χ0) is 13.7. The maximum atomic E-state index is 6.40. The summed E-state index contributed by atoms with van der Waals surface area (Å²) in [6, 6.07) is 6.85. The molecular formula is C17H21Cl2N. The van der Waals surface area contributed by atoms with E-state index in [2.05, 4.69) is 11.4 Å². The summed E-state index contributed by atoms with van der Waals surface area (Å²) in [5.74, 6) is 1.99. The highest BCUT2D eigenvalue weighted by Crippen LogP contribution is 2.61. The van der Waals surface area contributed by atoms with Gasteiger partial charge in [-0.25, -0.2) is 0 Å². The normalized spacial score (nSPS) is 35.1. The van der Waals surface area contributed by atoms with Gasteiger partial charge in [-0.05, 0) is 67.4 Å². The molecule has 3 saturated carbocycles. The van der Waals surface area contributed by atoms with Crippen LogP contribution in [0.5, 0.6) is 0 Å². The first-order chi connectivity index (χ1) is 9.65. The number of halogens is 2. The van der Waals surface area contributed by atoms with E-state index in [4.69, 9.17) is 23.2 Å². The van der Waals surface area contributed by atoms with Gasteiger partial charge in [0, 0.05) is 12.6 Å². The number of nitrogens with one attached hydrogen (secondary N) is 1. The second-order valence-corrected chi connectivity index (χ2v) is 7.99. The van der Waals surface area contributed by atoms with E-state index in [0.717, 1.165) is 35.9 Å². The van der Waals surface area contributed by atoms with Crippen LogP contribution in [-0.2, 0) is 6.42 Å². The van der Waals surface area contributed by atoms with Crippen molar-refractivity contribution in [3.05, 3.63) is 33.8 Å². The van der Waals surface area contributed by atoms with Gasteiger partial charge in [-0.2, -0.15) is 0 Å². The summed E-state index contributed by atoms with van der Waals surface area (Å²) in [7, 11) is 0. The molecule has 0 amide bonds. The molecule has 0 heterocycles. The Morgan fingerprint density at radius 2 is 1.90 bits per heavy atom. The van der Waals surface area contributed by atoms with Gasteiger partial charge in [0.25, 0.3) is 0 Å². The van der Waals surface area contributed by atoms with Gasteiger partial charge in [0.2, 0.25) is 0 Å². The van der Waals surface area contributed by atoms with E-state index in [0.29, 0.717) is 10.4 Å². The second-order valence-electron chi connectivity index (χ2n) is 7.21. The van der Waals surface area contributed by atoms with E-state index in [1.807, 2.05) is 12.1 Å².